The first kappa shape index (κ1) is 10.5. The molecule has 0 radical (unpaired) electrons. The first-order valence-corrected chi connectivity index (χ1v) is 4.02. The van der Waals surface area contributed by atoms with E-state index in [-0.39, 0.29) is 0 Å². The summed E-state index contributed by atoms with van der Waals surface area (Å²) in [5, 5.41) is 17.9. The third kappa shape index (κ3) is 5.92. The van der Waals surface area contributed by atoms with Crippen molar-refractivity contribution in [2.45, 2.75) is 39.2 Å². The SMILES string of the molecule is CC(C)CCC(C)(O)C=CO. The predicted octanol–water partition coefficient (Wildman–Crippen LogP) is 2.25. The van der Waals surface area contributed by atoms with Gasteiger partial charge in [-0.3, -0.25) is 0 Å². The molecule has 0 spiro atoms. The van der Waals surface area contributed by atoms with Gasteiger partial charge >= 0.3 is 0 Å². The third-order valence-corrected chi connectivity index (χ3v) is 1.66. The second-order valence-corrected chi connectivity index (χ2v) is 3.61. The fourth-order valence-corrected chi connectivity index (χ4v) is 0.825. The zero-order valence-corrected chi connectivity index (χ0v) is 7.54. The van der Waals surface area contributed by atoms with Crippen LogP contribution in [0.25, 0.3) is 0 Å². The Balaban J connectivity index is 3.72. The Bertz CT molecular complexity index is 126. The zero-order valence-electron chi connectivity index (χ0n) is 7.54. The van der Waals surface area contributed by atoms with Gasteiger partial charge in [-0.15, -0.1) is 0 Å². The summed E-state index contributed by atoms with van der Waals surface area (Å²) in [6.07, 6.45) is 3.98. The van der Waals surface area contributed by atoms with E-state index in [1.165, 1.54) is 6.08 Å². The standard InChI is InChI=1S/C9H18O2/c1-8(2)4-5-9(3,11)6-7-10/h6-8,10-11H,4-5H2,1-3H3. The fraction of sp³-hybridized carbons (Fsp3) is 0.778. The van der Waals surface area contributed by atoms with Crippen molar-refractivity contribution < 1.29 is 10.2 Å². The molecular weight excluding hydrogens is 140 g/mol. The van der Waals surface area contributed by atoms with Crippen LogP contribution in [0.1, 0.15) is 33.6 Å². The molecular formula is C9H18O2. The molecule has 0 aliphatic rings. The molecule has 0 aromatic carbocycles. The molecule has 1 unspecified atom stereocenters. The predicted molar refractivity (Wildman–Crippen MR) is 46.5 cm³/mol. The highest BCUT2D eigenvalue weighted by Crippen LogP contribution is 2.16. The Morgan fingerprint density at radius 1 is 1.45 bits per heavy atom. The maximum atomic E-state index is 9.52. The topological polar surface area (TPSA) is 40.5 Å². The van der Waals surface area contributed by atoms with Gasteiger partial charge in [0, 0.05) is 0 Å². The average Bonchev–Trinajstić information content (AvgIpc) is 1.84. The smallest absolute Gasteiger partial charge is 0.0831 e. The Morgan fingerprint density at radius 2 is 2.00 bits per heavy atom. The number of aliphatic hydroxyl groups is 2. The highest BCUT2D eigenvalue weighted by Gasteiger charge is 2.15. The summed E-state index contributed by atoms with van der Waals surface area (Å²) in [6, 6.07) is 0. The van der Waals surface area contributed by atoms with Crippen LogP contribution in [-0.4, -0.2) is 15.8 Å². The molecule has 0 amide bonds. The minimum Gasteiger partial charge on any atom is -0.516 e. The van der Waals surface area contributed by atoms with Gasteiger partial charge in [0.2, 0.25) is 0 Å². The van der Waals surface area contributed by atoms with Gasteiger partial charge < -0.3 is 10.2 Å². The van der Waals surface area contributed by atoms with Gasteiger partial charge in [-0.05, 0) is 31.8 Å². The maximum absolute atomic E-state index is 9.52. The summed E-state index contributed by atoms with van der Waals surface area (Å²) in [5.74, 6) is 0.591. The van der Waals surface area contributed by atoms with Crippen LogP contribution < -0.4 is 0 Å². The molecule has 0 heterocycles. The third-order valence-electron chi connectivity index (χ3n) is 1.66. The van der Waals surface area contributed by atoms with E-state index in [9.17, 15) is 5.11 Å². The lowest BCUT2D eigenvalue weighted by Gasteiger charge is -2.19. The molecule has 0 aromatic rings. The van der Waals surface area contributed by atoms with Crippen LogP contribution in [0.5, 0.6) is 0 Å². The monoisotopic (exact) mass is 158 g/mol. The van der Waals surface area contributed by atoms with Crippen LogP contribution in [0, 0.1) is 5.92 Å². The Labute approximate surface area is 68.6 Å². The van der Waals surface area contributed by atoms with E-state index in [1.54, 1.807) is 6.92 Å². The second kappa shape index (κ2) is 4.39. The van der Waals surface area contributed by atoms with Crippen LogP contribution >= 0.6 is 0 Å². The van der Waals surface area contributed by atoms with Crippen LogP contribution in [0.3, 0.4) is 0 Å². The molecule has 0 rings (SSSR count). The minimum atomic E-state index is -0.848. The lowest BCUT2D eigenvalue weighted by Crippen LogP contribution is -2.21. The fourth-order valence-electron chi connectivity index (χ4n) is 0.825. The summed E-state index contributed by atoms with van der Waals surface area (Å²) < 4.78 is 0. The average molecular weight is 158 g/mol. The molecule has 0 saturated carbocycles. The molecule has 0 saturated heterocycles. The van der Waals surface area contributed by atoms with Crippen LogP contribution in [0.15, 0.2) is 12.3 Å². The van der Waals surface area contributed by atoms with Gasteiger partial charge in [0.25, 0.3) is 0 Å². The van der Waals surface area contributed by atoms with E-state index in [0.717, 1.165) is 12.7 Å². The molecule has 66 valence electrons. The molecule has 11 heavy (non-hydrogen) atoms. The summed E-state index contributed by atoms with van der Waals surface area (Å²) in [5.41, 5.74) is -0.848. The van der Waals surface area contributed by atoms with Crippen molar-refractivity contribution in [3.05, 3.63) is 12.3 Å². The summed E-state index contributed by atoms with van der Waals surface area (Å²) in [6.45, 7) is 5.92. The van der Waals surface area contributed by atoms with Crippen LogP contribution in [0.2, 0.25) is 0 Å². The zero-order chi connectivity index (χ0) is 8.91. The minimum absolute atomic E-state index is 0.591. The molecule has 2 heteroatoms. The normalized spacial score (nSPS) is 17.5. The highest BCUT2D eigenvalue weighted by molar-refractivity contribution is 4.93. The summed E-state index contributed by atoms with van der Waals surface area (Å²) in [7, 11) is 0. The van der Waals surface area contributed by atoms with Gasteiger partial charge in [0.15, 0.2) is 0 Å². The Hall–Kier alpha value is -0.500. The first-order valence-electron chi connectivity index (χ1n) is 4.02. The first-order chi connectivity index (χ1) is 4.98. The molecule has 0 aliphatic heterocycles. The van der Waals surface area contributed by atoms with Crippen molar-refractivity contribution in [3.8, 4) is 0 Å². The lowest BCUT2D eigenvalue weighted by atomic mass is 9.95. The van der Waals surface area contributed by atoms with Crippen molar-refractivity contribution in [2.24, 2.45) is 5.92 Å². The molecule has 1 atom stereocenters. The van der Waals surface area contributed by atoms with Crippen molar-refractivity contribution in [2.75, 3.05) is 0 Å². The Kier molecular flexibility index (Phi) is 4.19. The molecule has 0 aliphatic carbocycles. The number of hydrogen-bond donors (Lipinski definition) is 2. The maximum Gasteiger partial charge on any atom is 0.0831 e. The molecule has 0 fully saturated rings. The number of aliphatic hydroxyl groups excluding tert-OH is 1. The van der Waals surface area contributed by atoms with E-state index in [1.807, 2.05) is 0 Å². The highest BCUT2D eigenvalue weighted by atomic mass is 16.3. The van der Waals surface area contributed by atoms with Crippen molar-refractivity contribution in [1.82, 2.24) is 0 Å². The quantitative estimate of drug-likeness (QED) is 0.616. The second-order valence-electron chi connectivity index (χ2n) is 3.61. The molecule has 0 aromatic heterocycles. The van der Waals surface area contributed by atoms with Gasteiger partial charge in [-0.25, -0.2) is 0 Å². The van der Waals surface area contributed by atoms with Gasteiger partial charge in [0.1, 0.15) is 0 Å². The van der Waals surface area contributed by atoms with E-state index in [4.69, 9.17) is 5.11 Å². The van der Waals surface area contributed by atoms with Crippen molar-refractivity contribution >= 4 is 0 Å². The van der Waals surface area contributed by atoms with Gasteiger partial charge in [0.05, 0.1) is 11.9 Å². The molecule has 0 bridgehead atoms. The summed E-state index contributed by atoms with van der Waals surface area (Å²) in [4.78, 5) is 0. The van der Waals surface area contributed by atoms with E-state index >= 15 is 0 Å². The van der Waals surface area contributed by atoms with Gasteiger partial charge in [-0.1, -0.05) is 13.8 Å². The van der Waals surface area contributed by atoms with E-state index < -0.39 is 5.60 Å². The number of hydrogen-bond acceptors (Lipinski definition) is 2. The van der Waals surface area contributed by atoms with Crippen molar-refractivity contribution in [1.29, 1.82) is 0 Å². The number of rotatable bonds is 4. The lowest BCUT2D eigenvalue weighted by molar-refractivity contribution is 0.0930. The largest absolute Gasteiger partial charge is 0.516 e. The summed E-state index contributed by atoms with van der Waals surface area (Å²) >= 11 is 0. The van der Waals surface area contributed by atoms with E-state index in [0.29, 0.717) is 12.3 Å². The molecule has 2 N–H and O–H groups in total. The van der Waals surface area contributed by atoms with E-state index in [2.05, 4.69) is 13.8 Å². The Morgan fingerprint density at radius 3 is 2.36 bits per heavy atom. The van der Waals surface area contributed by atoms with Crippen molar-refractivity contribution in [3.63, 3.8) is 0 Å². The molecule has 2 nitrogen and oxygen atoms in total. The van der Waals surface area contributed by atoms with Crippen LogP contribution in [0.4, 0.5) is 0 Å². The van der Waals surface area contributed by atoms with Gasteiger partial charge in [-0.2, -0.15) is 0 Å². The van der Waals surface area contributed by atoms with Crippen LogP contribution in [-0.2, 0) is 0 Å².